The van der Waals surface area contributed by atoms with E-state index >= 15 is 0 Å². The maximum absolute atomic E-state index is 10.8. The first-order chi connectivity index (χ1) is 8.61. The summed E-state index contributed by atoms with van der Waals surface area (Å²) in [5.74, 6) is 0. The Labute approximate surface area is 108 Å². The molecule has 0 amide bonds. The monoisotopic (exact) mass is 263 g/mol. The van der Waals surface area contributed by atoms with Crippen LogP contribution in [0.4, 0.5) is 5.69 Å². The van der Waals surface area contributed by atoms with E-state index in [2.05, 4.69) is 4.98 Å². The summed E-state index contributed by atoms with van der Waals surface area (Å²) in [4.78, 5) is 15.9. The lowest BCUT2D eigenvalue weighted by atomic mass is 10.1. The molecular formula is C12H13N3O2S. The van der Waals surface area contributed by atoms with Crippen LogP contribution in [0.2, 0.25) is 0 Å². The fourth-order valence-electron chi connectivity index (χ4n) is 1.76. The highest BCUT2D eigenvalue weighted by molar-refractivity contribution is 7.12. The van der Waals surface area contributed by atoms with Crippen molar-refractivity contribution in [1.82, 2.24) is 4.98 Å². The summed E-state index contributed by atoms with van der Waals surface area (Å²) in [5, 5.41) is 11.7. The lowest BCUT2D eigenvalue weighted by Gasteiger charge is -2.01. The van der Waals surface area contributed by atoms with Gasteiger partial charge >= 0.3 is 0 Å². The summed E-state index contributed by atoms with van der Waals surface area (Å²) in [7, 11) is 0. The molecule has 0 aliphatic carbocycles. The van der Waals surface area contributed by atoms with Crippen molar-refractivity contribution in [2.45, 2.75) is 13.3 Å². The highest BCUT2D eigenvalue weighted by atomic mass is 32.1. The number of hydrogen-bond donors (Lipinski definition) is 1. The molecule has 18 heavy (non-hydrogen) atoms. The van der Waals surface area contributed by atoms with E-state index in [1.165, 1.54) is 6.07 Å². The average Bonchev–Trinajstić information content (AvgIpc) is 2.71. The van der Waals surface area contributed by atoms with Gasteiger partial charge in [0.1, 0.15) is 0 Å². The molecule has 0 radical (unpaired) electrons. The van der Waals surface area contributed by atoms with Crippen molar-refractivity contribution < 1.29 is 4.92 Å². The van der Waals surface area contributed by atoms with Gasteiger partial charge in [-0.25, -0.2) is 4.98 Å². The van der Waals surface area contributed by atoms with Gasteiger partial charge in [0, 0.05) is 22.6 Å². The average molecular weight is 263 g/mol. The number of nitrogens with two attached hydrogens (primary N) is 1. The number of benzene rings is 1. The summed E-state index contributed by atoms with van der Waals surface area (Å²) in [5.41, 5.74) is 7.23. The lowest BCUT2D eigenvalue weighted by molar-refractivity contribution is -0.384. The molecule has 0 atom stereocenters. The van der Waals surface area contributed by atoms with Gasteiger partial charge in [-0.3, -0.25) is 10.1 Å². The number of non-ortho nitro benzene ring substituents is 1. The molecule has 1 aromatic carbocycles. The van der Waals surface area contributed by atoms with Crippen LogP contribution in [-0.4, -0.2) is 16.5 Å². The van der Waals surface area contributed by atoms with Gasteiger partial charge < -0.3 is 5.73 Å². The second-order valence-electron chi connectivity index (χ2n) is 3.85. The van der Waals surface area contributed by atoms with Crippen molar-refractivity contribution in [2.75, 3.05) is 6.54 Å². The molecule has 94 valence electrons. The van der Waals surface area contributed by atoms with E-state index in [0.29, 0.717) is 6.54 Å². The largest absolute Gasteiger partial charge is 0.330 e. The molecule has 1 aromatic heterocycles. The first-order valence-electron chi connectivity index (χ1n) is 5.53. The van der Waals surface area contributed by atoms with Crippen LogP contribution in [-0.2, 0) is 6.42 Å². The first-order valence-corrected chi connectivity index (χ1v) is 6.34. The van der Waals surface area contributed by atoms with E-state index in [1.54, 1.807) is 23.5 Å². The van der Waals surface area contributed by atoms with E-state index in [-0.39, 0.29) is 5.69 Å². The molecule has 0 spiro atoms. The highest BCUT2D eigenvalue weighted by Crippen LogP contribution is 2.30. The Hall–Kier alpha value is -1.79. The van der Waals surface area contributed by atoms with Gasteiger partial charge in [-0.15, -0.1) is 11.3 Å². The Morgan fingerprint density at radius 1 is 1.50 bits per heavy atom. The molecular weight excluding hydrogens is 250 g/mol. The molecule has 0 saturated carbocycles. The van der Waals surface area contributed by atoms with Crippen molar-refractivity contribution >= 4 is 17.0 Å². The Kier molecular flexibility index (Phi) is 3.69. The van der Waals surface area contributed by atoms with E-state index in [1.807, 2.05) is 13.0 Å². The van der Waals surface area contributed by atoms with Crippen LogP contribution in [0.1, 0.15) is 9.88 Å². The summed E-state index contributed by atoms with van der Waals surface area (Å²) in [6.45, 7) is 2.47. The number of hydrogen-bond acceptors (Lipinski definition) is 5. The zero-order valence-electron chi connectivity index (χ0n) is 9.92. The van der Waals surface area contributed by atoms with Crippen LogP contribution < -0.4 is 5.73 Å². The van der Waals surface area contributed by atoms with Crippen molar-refractivity contribution in [3.63, 3.8) is 0 Å². The van der Waals surface area contributed by atoms with E-state index in [4.69, 9.17) is 5.73 Å². The number of aromatic nitrogens is 1. The molecule has 0 saturated heterocycles. The number of nitro groups is 1. The lowest BCUT2D eigenvalue weighted by Crippen LogP contribution is -2.02. The zero-order chi connectivity index (χ0) is 13.1. The number of nitrogens with zero attached hydrogens (tertiary/aromatic N) is 2. The minimum atomic E-state index is -0.397. The Morgan fingerprint density at radius 3 is 2.94 bits per heavy atom. The van der Waals surface area contributed by atoms with Crippen molar-refractivity contribution in [2.24, 2.45) is 5.73 Å². The number of thiazole rings is 1. The molecule has 6 heteroatoms. The third-order valence-corrected chi connectivity index (χ3v) is 3.54. The number of rotatable bonds is 4. The normalized spacial score (nSPS) is 10.6. The van der Waals surface area contributed by atoms with Gasteiger partial charge in [0.25, 0.3) is 5.69 Å². The van der Waals surface area contributed by atoms with Gasteiger partial charge in [-0.1, -0.05) is 12.1 Å². The van der Waals surface area contributed by atoms with Crippen molar-refractivity contribution in [3.05, 3.63) is 44.3 Å². The van der Waals surface area contributed by atoms with Crippen molar-refractivity contribution in [3.8, 4) is 11.3 Å². The second-order valence-corrected chi connectivity index (χ2v) is 5.14. The molecule has 0 aliphatic heterocycles. The van der Waals surface area contributed by atoms with E-state index in [9.17, 15) is 10.1 Å². The maximum Gasteiger partial charge on any atom is 0.270 e. The first kappa shape index (κ1) is 12.7. The second kappa shape index (κ2) is 5.24. The SMILES string of the molecule is Cc1nc(-c2cccc([N+](=O)[O-])c2)c(CCN)s1. The summed E-state index contributed by atoms with van der Waals surface area (Å²) in [6, 6.07) is 6.54. The predicted molar refractivity (Wildman–Crippen MR) is 71.7 cm³/mol. The van der Waals surface area contributed by atoms with Gasteiger partial charge in [-0.05, 0) is 19.9 Å². The molecule has 0 unspecified atom stereocenters. The molecule has 2 rings (SSSR count). The molecule has 1 heterocycles. The minimum Gasteiger partial charge on any atom is -0.330 e. The Morgan fingerprint density at radius 2 is 2.28 bits per heavy atom. The van der Waals surface area contributed by atoms with E-state index in [0.717, 1.165) is 27.6 Å². The van der Waals surface area contributed by atoms with Crippen LogP contribution in [0.3, 0.4) is 0 Å². The van der Waals surface area contributed by atoms with Gasteiger partial charge in [-0.2, -0.15) is 0 Å². The summed E-state index contributed by atoms with van der Waals surface area (Å²) in [6.07, 6.45) is 0.740. The molecule has 0 bridgehead atoms. The Balaban J connectivity index is 2.47. The number of nitro benzene ring substituents is 1. The molecule has 5 nitrogen and oxygen atoms in total. The van der Waals surface area contributed by atoms with Crippen LogP contribution in [0.5, 0.6) is 0 Å². The van der Waals surface area contributed by atoms with E-state index < -0.39 is 4.92 Å². The highest BCUT2D eigenvalue weighted by Gasteiger charge is 2.13. The van der Waals surface area contributed by atoms with Crippen molar-refractivity contribution in [1.29, 1.82) is 0 Å². The zero-order valence-corrected chi connectivity index (χ0v) is 10.7. The van der Waals surface area contributed by atoms with Gasteiger partial charge in [0.05, 0.1) is 15.6 Å². The predicted octanol–water partition coefficient (Wildman–Crippen LogP) is 2.53. The molecule has 0 aliphatic rings. The fraction of sp³-hybridized carbons (Fsp3) is 0.250. The fourth-order valence-corrected chi connectivity index (χ4v) is 2.74. The third kappa shape index (κ3) is 2.55. The third-order valence-electron chi connectivity index (χ3n) is 2.51. The van der Waals surface area contributed by atoms with Gasteiger partial charge in [0.2, 0.25) is 0 Å². The molecule has 2 aromatic rings. The standard InChI is InChI=1S/C12H13N3O2S/c1-8-14-12(11(18-8)5-6-13)9-3-2-4-10(7-9)15(16)17/h2-4,7H,5-6,13H2,1H3. The minimum absolute atomic E-state index is 0.0804. The van der Waals surface area contributed by atoms with Gasteiger partial charge in [0.15, 0.2) is 0 Å². The van der Waals surface area contributed by atoms with Crippen LogP contribution >= 0.6 is 11.3 Å². The maximum atomic E-state index is 10.8. The van der Waals surface area contributed by atoms with Crippen LogP contribution in [0.15, 0.2) is 24.3 Å². The van der Waals surface area contributed by atoms with Crippen LogP contribution in [0.25, 0.3) is 11.3 Å². The van der Waals surface area contributed by atoms with Crippen LogP contribution in [0, 0.1) is 17.0 Å². The Bertz CT molecular complexity index is 580. The summed E-state index contributed by atoms with van der Waals surface area (Å²) < 4.78 is 0. The number of aryl methyl sites for hydroxylation is 1. The molecule has 0 fully saturated rings. The topological polar surface area (TPSA) is 82.0 Å². The smallest absolute Gasteiger partial charge is 0.270 e. The summed E-state index contributed by atoms with van der Waals surface area (Å²) >= 11 is 1.59. The molecule has 2 N–H and O–H groups in total. The quantitative estimate of drug-likeness (QED) is 0.678.